The van der Waals surface area contributed by atoms with Crippen molar-refractivity contribution in [3.8, 4) is 0 Å². The average molecular weight is 451 g/mol. The van der Waals surface area contributed by atoms with Crippen LogP contribution in [-0.2, 0) is 4.79 Å². The number of carbonyl (C=O) groups excluding carboxylic acids is 1. The van der Waals surface area contributed by atoms with Gasteiger partial charge >= 0.3 is 0 Å². The predicted molar refractivity (Wildman–Crippen MR) is 130 cm³/mol. The normalized spacial score (nSPS) is 23.0. The summed E-state index contributed by atoms with van der Waals surface area (Å²) in [5.41, 5.74) is 6.16. The lowest BCUT2D eigenvalue weighted by Gasteiger charge is -2.41. The molecule has 0 N–H and O–H groups in total. The van der Waals surface area contributed by atoms with Crippen LogP contribution in [0.3, 0.4) is 0 Å². The Morgan fingerprint density at radius 3 is 2.59 bits per heavy atom. The van der Waals surface area contributed by atoms with E-state index in [1.807, 2.05) is 29.5 Å². The van der Waals surface area contributed by atoms with Gasteiger partial charge in [-0.1, -0.05) is 8.58 Å². The van der Waals surface area contributed by atoms with Gasteiger partial charge in [-0.25, -0.2) is 4.52 Å². The summed E-state index contributed by atoms with van der Waals surface area (Å²) in [6.07, 6.45) is 10.4. The van der Waals surface area contributed by atoms with Crippen molar-refractivity contribution in [3.05, 3.63) is 59.0 Å². The van der Waals surface area contributed by atoms with Crippen molar-refractivity contribution in [2.24, 2.45) is 0 Å². The molecule has 0 saturated carbocycles. The van der Waals surface area contributed by atoms with Gasteiger partial charge in [-0.3, -0.25) is 9.78 Å². The molecule has 0 spiro atoms. The predicted octanol–water partition coefficient (Wildman–Crippen LogP) is 3.36. The molecular formula is C24H31N6OP. The van der Waals surface area contributed by atoms with Crippen LogP contribution >= 0.6 is 8.58 Å². The molecule has 5 rings (SSSR count). The fourth-order valence-corrected chi connectivity index (χ4v) is 6.35. The molecule has 168 valence electrons. The van der Waals surface area contributed by atoms with Gasteiger partial charge in [0.15, 0.2) is 0 Å². The summed E-state index contributed by atoms with van der Waals surface area (Å²) in [6, 6.07) is 2.70. The second kappa shape index (κ2) is 8.13. The monoisotopic (exact) mass is 450 g/mol. The number of nitrogens with zero attached hydrogens (tertiary/aromatic N) is 6. The summed E-state index contributed by atoms with van der Waals surface area (Å²) in [7, 11) is 4.79. The number of allylic oxidation sites excluding steroid dienone is 1. The SMILES string of the molecule is CC1=CC(N2CCC(N(C)C)CC2)=CN2C(=O)C=C(c3cc4c(C)nc(C)cn4n3)PC12. The molecule has 3 aliphatic rings. The quantitative estimate of drug-likeness (QED) is 0.672. The van der Waals surface area contributed by atoms with E-state index >= 15 is 0 Å². The van der Waals surface area contributed by atoms with Gasteiger partial charge in [0.2, 0.25) is 0 Å². The minimum atomic E-state index is 0.0416. The highest BCUT2D eigenvalue weighted by atomic mass is 31.1. The van der Waals surface area contributed by atoms with Crippen LogP contribution in [0.5, 0.6) is 0 Å². The van der Waals surface area contributed by atoms with Gasteiger partial charge < -0.3 is 14.7 Å². The fraction of sp³-hybridized carbons (Fsp3) is 0.458. The summed E-state index contributed by atoms with van der Waals surface area (Å²) < 4.78 is 1.88. The highest BCUT2D eigenvalue weighted by molar-refractivity contribution is 7.51. The van der Waals surface area contributed by atoms with Crippen LogP contribution in [0.15, 0.2) is 41.9 Å². The molecule has 5 heterocycles. The van der Waals surface area contributed by atoms with Crippen molar-refractivity contribution in [1.29, 1.82) is 0 Å². The lowest BCUT2D eigenvalue weighted by atomic mass is 10.0. The second-order valence-electron chi connectivity index (χ2n) is 9.30. The van der Waals surface area contributed by atoms with Crippen molar-refractivity contribution in [1.82, 2.24) is 29.3 Å². The Balaban J connectivity index is 1.40. The summed E-state index contributed by atoms with van der Waals surface area (Å²) in [4.78, 5) is 24.4. The molecule has 2 aromatic rings. The highest BCUT2D eigenvalue weighted by Gasteiger charge is 2.34. The molecule has 0 aliphatic carbocycles. The molecule has 32 heavy (non-hydrogen) atoms. The minimum absolute atomic E-state index is 0.0416. The third-order valence-electron chi connectivity index (χ3n) is 6.77. The number of likely N-dealkylation sites (tertiary alicyclic amines) is 1. The molecule has 0 bridgehead atoms. The maximum atomic E-state index is 13.2. The summed E-state index contributed by atoms with van der Waals surface area (Å²) in [5, 5.41) is 5.78. The number of hydrogen-bond acceptors (Lipinski definition) is 5. The Bertz CT molecular complexity index is 1170. The Labute approximate surface area is 191 Å². The van der Waals surface area contributed by atoms with Gasteiger partial charge in [-0.15, -0.1) is 0 Å². The van der Waals surface area contributed by atoms with E-state index in [4.69, 9.17) is 5.10 Å². The van der Waals surface area contributed by atoms with E-state index in [0.717, 1.165) is 59.5 Å². The third-order valence-corrected chi connectivity index (χ3v) is 8.48. The van der Waals surface area contributed by atoms with E-state index in [2.05, 4.69) is 54.1 Å². The van der Waals surface area contributed by atoms with Crippen molar-refractivity contribution in [2.45, 2.75) is 45.4 Å². The van der Waals surface area contributed by atoms with E-state index < -0.39 is 0 Å². The fourth-order valence-electron chi connectivity index (χ4n) is 4.93. The lowest BCUT2D eigenvalue weighted by Crippen LogP contribution is -2.44. The number of piperidine rings is 1. The zero-order valence-corrected chi connectivity index (χ0v) is 20.5. The van der Waals surface area contributed by atoms with Crippen LogP contribution in [0.25, 0.3) is 10.8 Å². The Hall–Kier alpha value is -2.50. The largest absolute Gasteiger partial charge is 0.370 e. The topological polar surface area (TPSA) is 57.0 Å². The molecule has 1 fully saturated rings. The summed E-state index contributed by atoms with van der Waals surface area (Å²) in [6.45, 7) is 8.19. The van der Waals surface area contributed by atoms with E-state index in [9.17, 15) is 4.79 Å². The average Bonchev–Trinajstić information content (AvgIpc) is 3.18. The van der Waals surface area contributed by atoms with Crippen molar-refractivity contribution in [3.63, 3.8) is 0 Å². The first-order chi connectivity index (χ1) is 15.3. The Morgan fingerprint density at radius 1 is 1.12 bits per heavy atom. The summed E-state index contributed by atoms with van der Waals surface area (Å²) in [5.74, 6) is 0.122. The van der Waals surface area contributed by atoms with E-state index in [1.165, 1.54) is 5.57 Å². The first-order valence-corrected chi connectivity index (χ1v) is 12.3. The van der Waals surface area contributed by atoms with E-state index in [-0.39, 0.29) is 11.7 Å². The second-order valence-corrected chi connectivity index (χ2v) is 10.7. The van der Waals surface area contributed by atoms with Crippen molar-refractivity contribution < 1.29 is 4.79 Å². The maximum Gasteiger partial charge on any atom is 0.252 e. The highest BCUT2D eigenvalue weighted by Crippen LogP contribution is 2.47. The van der Waals surface area contributed by atoms with E-state index in [0.29, 0.717) is 14.6 Å². The Kier molecular flexibility index (Phi) is 5.42. The van der Waals surface area contributed by atoms with E-state index in [1.54, 1.807) is 6.08 Å². The molecule has 2 unspecified atom stereocenters. The smallest absolute Gasteiger partial charge is 0.252 e. The minimum Gasteiger partial charge on any atom is -0.370 e. The number of aromatic nitrogens is 3. The molecule has 1 saturated heterocycles. The van der Waals surface area contributed by atoms with Crippen LogP contribution in [0, 0.1) is 13.8 Å². The number of fused-ring (bicyclic) bond motifs is 2. The Morgan fingerprint density at radius 2 is 1.88 bits per heavy atom. The molecule has 0 radical (unpaired) electrons. The number of carbonyl (C=O) groups is 1. The van der Waals surface area contributed by atoms with Crippen LogP contribution in [0.4, 0.5) is 0 Å². The number of rotatable bonds is 3. The third kappa shape index (κ3) is 3.78. The van der Waals surface area contributed by atoms with Gasteiger partial charge in [0.1, 0.15) is 0 Å². The van der Waals surface area contributed by atoms with Crippen molar-refractivity contribution in [2.75, 3.05) is 27.2 Å². The first-order valence-electron chi connectivity index (χ1n) is 11.3. The van der Waals surface area contributed by atoms with Crippen LogP contribution < -0.4 is 0 Å². The molecular weight excluding hydrogens is 419 g/mol. The molecule has 2 aromatic heterocycles. The standard InChI is InChI=1S/C24H31N6OP/c1-15-10-19(28-8-6-18(7-9-28)27(4)5)14-29-23(31)12-22(32-24(15)29)20-11-21-17(3)25-16(2)13-30(21)26-20/h10-14,18,24,32H,6-9H2,1-5H3. The molecule has 3 aliphatic heterocycles. The zero-order valence-electron chi connectivity index (χ0n) is 19.5. The zero-order chi connectivity index (χ0) is 22.6. The molecule has 0 aromatic carbocycles. The van der Waals surface area contributed by atoms with Crippen LogP contribution in [0.2, 0.25) is 0 Å². The lowest BCUT2D eigenvalue weighted by molar-refractivity contribution is -0.124. The molecule has 1 amide bonds. The van der Waals surface area contributed by atoms with Gasteiger partial charge in [-0.2, -0.15) is 5.10 Å². The van der Waals surface area contributed by atoms with Crippen LogP contribution in [-0.4, -0.2) is 74.2 Å². The molecule has 8 heteroatoms. The van der Waals surface area contributed by atoms with Gasteiger partial charge in [0.25, 0.3) is 5.91 Å². The molecule has 2 atom stereocenters. The molecule has 7 nitrogen and oxygen atoms in total. The summed E-state index contributed by atoms with van der Waals surface area (Å²) >= 11 is 0. The van der Waals surface area contributed by atoms with Crippen molar-refractivity contribution >= 4 is 25.3 Å². The first kappa shape index (κ1) is 21.4. The number of amides is 1. The maximum absolute atomic E-state index is 13.2. The van der Waals surface area contributed by atoms with Gasteiger partial charge in [0, 0.05) is 36.7 Å². The van der Waals surface area contributed by atoms with Crippen LogP contribution in [0.1, 0.15) is 36.8 Å². The van der Waals surface area contributed by atoms with Gasteiger partial charge in [-0.05, 0) is 65.4 Å². The number of hydrogen-bond donors (Lipinski definition) is 0. The number of aryl methyl sites for hydroxylation is 2. The van der Waals surface area contributed by atoms with Gasteiger partial charge in [0.05, 0.1) is 40.3 Å².